The van der Waals surface area contributed by atoms with E-state index in [0.29, 0.717) is 5.95 Å². The highest BCUT2D eigenvalue weighted by atomic mass is 16.1. The Kier molecular flexibility index (Phi) is 12.8. The van der Waals surface area contributed by atoms with Crippen molar-refractivity contribution in [3.8, 4) is 0 Å². The summed E-state index contributed by atoms with van der Waals surface area (Å²) in [4.78, 5) is 30.0. The molecule has 0 radical (unpaired) electrons. The topological polar surface area (TPSA) is 226 Å². The number of nitrogens with one attached hydrogen (secondary N) is 2. The standard InChI is InChI=1S/C21H29N7O.4H3N.4H2/c1-16(29)22-17-8-10-18(11-9-17)23-19-24-20(27-12-4-2-5-13-27)26-21(25-19)28-14-6-3-7-15-28;;;;;;;;/h8-11H,2-7,12-15H2,1H3,(H,22,29)(H,23,24,25,26);4*1H3;4*1H. The van der Waals surface area contributed by atoms with Crippen molar-refractivity contribution in [1.82, 2.24) is 39.6 Å². The minimum Gasteiger partial charge on any atom is -0.344 e. The van der Waals surface area contributed by atoms with Gasteiger partial charge in [-0.2, -0.15) is 15.0 Å². The monoisotopic (exact) mass is 471 g/mol. The van der Waals surface area contributed by atoms with Crippen molar-refractivity contribution >= 4 is 35.1 Å². The van der Waals surface area contributed by atoms with Crippen LogP contribution in [-0.4, -0.2) is 47.0 Å². The first kappa shape index (κ1) is 29.9. The second-order valence-electron chi connectivity index (χ2n) is 7.74. The Morgan fingerprint density at radius 1 is 0.727 bits per heavy atom. The van der Waals surface area contributed by atoms with Gasteiger partial charge in [-0.3, -0.25) is 4.79 Å². The highest BCUT2D eigenvalue weighted by molar-refractivity contribution is 5.88. The number of anilines is 5. The molecule has 12 nitrogen and oxygen atoms in total. The van der Waals surface area contributed by atoms with Crippen LogP contribution in [0.3, 0.4) is 0 Å². The molecule has 2 aliphatic rings. The minimum absolute atomic E-state index is 0. The van der Waals surface area contributed by atoms with Crippen molar-refractivity contribution in [2.75, 3.05) is 46.6 Å². The number of aromatic nitrogens is 3. The Balaban J connectivity index is -0.000000427. The molecule has 2 aliphatic heterocycles. The van der Waals surface area contributed by atoms with Crippen LogP contribution >= 0.6 is 0 Å². The molecule has 4 rings (SSSR count). The van der Waals surface area contributed by atoms with Gasteiger partial charge in [0.15, 0.2) is 0 Å². The Bertz CT molecular complexity index is 817. The van der Waals surface area contributed by atoms with Gasteiger partial charge in [0.05, 0.1) is 0 Å². The first-order valence-electron chi connectivity index (χ1n) is 10.6. The summed E-state index contributed by atoms with van der Waals surface area (Å²) in [5.41, 5.74) is 1.64. The number of rotatable bonds is 5. The van der Waals surface area contributed by atoms with Gasteiger partial charge in [-0.25, -0.2) is 0 Å². The van der Waals surface area contributed by atoms with Gasteiger partial charge in [0.25, 0.3) is 0 Å². The fourth-order valence-corrected chi connectivity index (χ4v) is 3.85. The Morgan fingerprint density at radius 3 is 1.58 bits per heavy atom. The van der Waals surface area contributed by atoms with Crippen molar-refractivity contribution in [3.63, 3.8) is 0 Å². The molecular formula is C21H49N11O. The quantitative estimate of drug-likeness (QED) is 0.332. The van der Waals surface area contributed by atoms with Crippen molar-refractivity contribution in [2.45, 2.75) is 45.4 Å². The van der Waals surface area contributed by atoms with E-state index in [1.165, 1.54) is 45.4 Å². The molecule has 2 aromatic rings. The van der Waals surface area contributed by atoms with E-state index in [1.807, 2.05) is 24.3 Å². The normalized spacial score (nSPS) is 15.1. The zero-order chi connectivity index (χ0) is 20.1. The second kappa shape index (κ2) is 14.2. The number of hydrogen-bond acceptors (Lipinski definition) is 11. The van der Waals surface area contributed by atoms with E-state index in [0.717, 1.165) is 49.5 Å². The van der Waals surface area contributed by atoms with Crippen LogP contribution in [0, 0.1) is 0 Å². The maximum absolute atomic E-state index is 11.2. The van der Waals surface area contributed by atoms with Crippen LogP contribution in [0.15, 0.2) is 24.3 Å². The Hall–Kier alpha value is -3.06. The maximum Gasteiger partial charge on any atom is 0.233 e. The molecule has 194 valence electrons. The SMILES string of the molecule is CC(=O)Nc1ccc(Nc2nc(N3CCCCC3)nc(N3CCCCC3)n2)cc1.N.N.N.N.[HH].[HH].[HH].[HH]. The lowest BCUT2D eigenvalue weighted by Crippen LogP contribution is -2.34. The average molecular weight is 472 g/mol. The van der Waals surface area contributed by atoms with E-state index >= 15 is 0 Å². The molecule has 0 bridgehead atoms. The van der Waals surface area contributed by atoms with Crippen molar-refractivity contribution in [1.29, 1.82) is 0 Å². The fourth-order valence-electron chi connectivity index (χ4n) is 3.85. The van der Waals surface area contributed by atoms with Crippen LogP contribution in [-0.2, 0) is 4.79 Å². The third kappa shape index (κ3) is 8.09. The van der Waals surface area contributed by atoms with Gasteiger partial charge in [-0.15, -0.1) is 0 Å². The van der Waals surface area contributed by atoms with Gasteiger partial charge in [0.1, 0.15) is 0 Å². The molecule has 0 saturated carbocycles. The first-order chi connectivity index (χ1) is 14.2. The smallest absolute Gasteiger partial charge is 0.233 e. The molecule has 14 N–H and O–H groups in total. The summed E-state index contributed by atoms with van der Waals surface area (Å²) in [7, 11) is 0. The molecule has 0 atom stereocenters. The number of hydrogen-bond donors (Lipinski definition) is 6. The third-order valence-electron chi connectivity index (χ3n) is 5.35. The predicted octanol–water partition coefficient (Wildman–Crippen LogP) is 5.19. The largest absolute Gasteiger partial charge is 0.344 e. The summed E-state index contributed by atoms with van der Waals surface area (Å²) in [6.45, 7) is 5.48. The summed E-state index contributed by atoms with van der Waals surface area (Å²) in [6, 6.07) is 7.55. The fraction of sp³-hybridized carbons (Fsp3) is 0.524. The second-order valence-corrected chi connectivity index (χ2v) is 7.74. The molecule has 33 heavy (non-hydrogen) atoms. The van der Waals surface area contributed by atoms with Crippen LogP contribution in [0.1, 0.15) is 51.2 Å². The van der Waals surface area contributed by atoms with E-state index < -0.39 is 0 Å². The number of nitrogens with zero attached hydrogens (tertiary/aromatic N) is 5. The van der Waals surface area contributed by atoms with Crippen LogP contribution in [0.25, 0.3) is 0 Å². The number of amides is 1. The van der Waals surface area contributed by atoms with Crippen molar-refractivity contribution in [3.05, 3.63) is 24.3 Å². The molecule has 0 spiro atoms. The van der Waals surface area contributed by atoms with Gasteiger partial charge < -0.3 is 45.0 Å². The zero-order valence-electron chi connectivity index (χ0n) is 19.9. The van der Waals surface area contributed by atoms with Gasteiger partial charge in [-0.05, 0) is 62.8 Å². The van der Waals surface area contributed by atoms with Crippen LogP contribution in [0.2, 0.25) is 0 Å². The molecule has 1 amide bonds. The molecule has 1 aromatic carbocycles. The van der Waals surface area contributed by atoms with Crippen molar-refractivity contribution < 1.29 is 10.5 Å². The summed E-state index contributed by atoms with van der Waals surface area (Å²) >= 11 is 0. The molecular weight excluding hydrogens is 422 g/mol. The predicted molar refractivity (Wildman–Crippen MR) is 145 cm³/mol. The van der Waals surface area contributed by atoms with E-state index in [2.05, 4.69) is 20.4 Å². The lowest BCUT2D eigenvalue weighted by Gasteiger charge is -2.30. The van der Waals surface area contributed by atoms with E-state index in [-0.39, 0.29) is 36.2 Å². The van der Waals surface area contributed by atoms with Crippen LogP contribution in [0.4, 0.5) is 29.2 Å². The summed E-state index contributed by atoms with van der Waals surface area (Å²) in [6.07, 6.45) is 7.26. The van der Waals surface area contributed by atoms with Gasteiger partial charge in [0.2, 0.25) is 23.8 Å². The average Bonchev–Trinajstić information content (AvgIpc) is 2.76. The number of piperidine rings is 2. The number of benzene rings is 1. The van der Waals surface area contributed by atoms with Gasteiger partial charge in [-0.1, -0.05) is 0 Å². The lowest BCUT2D eigenvalue weighted by molar-refractivity contribution is -0.114. The first-order valence-corrected chi connectivity index (χ1v) is 10.6. The lowest BCUT2D eigenvalue weighted by atomic mass is 10.1. The zero-order valence-corrected chi connectivity index (χ0v) is 19.9. The Morgan fingerprint density at radius 2 is 1.15 bits per heavy atom. The van der Waals surface area contributed by atoms with E-state index in [4.69, 9.17) is 15.0 Å². The molecule has 0 unspecified atom stereocenters. The highest BCUT2D eigenvalue weighted by Gasteiger charge is 2.20. The number of carbonyl (C=O) groups excluding carboxylic acids is 1. The summed E-state index contributed by atoms with van der Waals surface area (Å²) in [5.74, 6) is 2.00. The number of carbonyl (C=O) groups is 1. The maximum atomic E-state index is 11.2. The van der Waals surface area contributed by atoms with Crippen LogP contribution in [0.5, 0.6) is 0 Å². The van der Waals surface area contributed by atoms with E-state index in [1.54, 1.807) is 0 Å². The van der Waals surface area contributed by atoms with Crippen LogP contribution < -0.4 is 45.0 Å². The minimum atomic E-state index is -0.0828. The molecule has 0 aliphatic carbocycles. The third-order valence-corrected chi connectivity index (χ3v) is 5.35. The molecule has 2 saturated heterocycles. The highest BCUT2D eigenvalue weighted by Crippen LogP contribution is 2.24. The summed E-state index contributed by atoms with van der Waals surface area (Å²) in [5, 5.41) is 6.09. The van der Waals surface area contributed by atoms with Gasteiger partial charge in [0, 0.05) is 50.2 Å². The van der Waals surface area contributed by atoms with E-state index in [9.17, 15) is 4.79 Å². The Labute approximate surface area is 202 Å². The van der Waals surface area contributed by atoms with Crippen molar-refractivity contribution in [2.24, 2.45) is 0 Å². The summed E-state index contributed by atoms with van der Waals surface area (Å²) < 4.78 is 0. The molecule has 3 heterocycles. The van der Waals surface area contributed by atoms with Gasteiger partial charge >= 0.3 is 0 Å². The molecule has 2 fully saturated rings. The molecule has 1 aromatic heterocycles. The molecule has 12 heteroatoms.